The van der Waals surface area contributed by atoms with Crippen molar-refractivity contribution in [1.82, 2.24) is 0 Å². The zero-order valence-electron chi connectivity index (χ0n) is 22.4. The molecule has 2 atom stereocenters. The third-order valence-corrected chi connectivity index (χ3v) is 27.0. The van der Waals surface area contributed by atoms with E-state index in [9.17, 15) is 0 Å². The molecule has 0 radical (unpaired) electrons. The fourth-order valence-corrected chi connectivity index (χ4v) is 25.6. The van der Waals surface area contributed by atoms with E-state index < -0.39 is 20.4 Å². The average molecular weight is 589 g/mol. The molecule has 34 heavy (non-hydrogen) atoms. The Hall–Kier alpha value is -0.660. The zero-order valence-corrected chi connectivity index (χ0v) is 27.3. The second-order valence-electron chi connectivity index (χ2n) is 10.2. The smallest absolute Gasteiger partial charge is 1.00 e. The summed E-state index contributed by atoms with van der Waals surface area (Å²) in [4.78, 5) is 0. The fourth-order valence-electron chi connectivity index (χ4n) is 5.87. The summed E-state index contributed by atoms with van der Waals surface area (Å²) in [5, 5.41) is 0. The summed E-state index contributed by atoms with van der Waals surface area (Å²) in [6.45, 7) is 24.0. The van der Waals surface area contributed by atoms with E-state index in [1.165, 1.54) is 39.0 Å². The molecule has 0 saturated heterocycles. The third-order valence-electron chi connectivity index (χ3n) is 8.47. The van der Waals surface area contributed by atoms with Crippen molar-refractivity contribution in [2.24, 2.45) is 5.92 Å². The van der Waals surface area contributed by atoms with E-state index in [0.717, 1.165) is 0 Å². The van der Waals surface area contributed by atoms with E-state index in [-0.39, 0.29) is 30.2 Å². The summed E-state index contributed by atoms with van der Waals surface area (Å²) >= 11 is -1.94. The van der Waals surface area contributed by atoms with Gasteiger partial charge in [0.05, 0.1) is 0 Å². The third kappa shape index (κ3) is 4.70. The van der Waals surface area contributed by atoms with Crippen LogP contribution in [0, 0.1) is 33.6 Å². The number of hydrogen-bond acceptors (Lipinski definition) is 0. The van der Waals surface area contributed by atoms with E-state index in [1.807, 2.05) is 3.28 Å². The van der Waals surface area contributed by atoms with Gasteiger partial charge in [-0.15, -0.1) is 0 Å². The fraction of sp³-hybridized carbons (Fsp3) is 0.400. The van der Waals surface area contributed by atoms with Gasteiger partial charge >= 0.3 is 205 Å². The number of fused-ring (bicyclic) bond motifs is 1. The Morgan fingerprint density at radius 3 is 1.94 bits per heavy atom. The molecular weight excluding hydrogens is 551 g/mol. The number of halogens is 2. The minimum Gasteiger partial charge on any atom is -1.00 e. The summed E-state index contributed by atoms with van der Waals surface area (Å²) in [5.41, 5.74) is 16.3. The Morgan fingerprint density at radius 1 is 0.765 bits per heavy atom. The topological polar surface area (TPSA) is 0 Å². The van der Waals surface area contributed by atoms with Crippen molar-refractivity contribution in [3.8, 4) is 0 Å². The zero-order chi connectivity index (χ0) is 23.5. The van der Waals surface area contributed by atoms with Crippen LogP contribution >= 0.6 is 0 Å². The van der Waals surface area contributed by atoms with Crippen LogP contribution in [0.5, 0.6) is 0 Å². The first-order valence-electron chi connectivity index (χ1n) is 12.0. The molecule has 2 aliphatic rings. The normalized spacial score (nSPS) is 18.7. The largest absolute Gasteiger partial charge is 1.00 e. The summed E-state index contributed by atoms with van der Waals surface area (Å²) in [6.07, 6.45) is 2.73. The van der Waals surface area contributed by atoms with Gasteiger partial charge in [-0.2, -0.15) is 0 Å². The molecule has 0 spiro atoms. The van der Waals surface area contributed by atoms with Crippen LogP contribution in [-0.4, -0.2) is 5.43 Å². The molecule has 0 fully saturated rings. The number of aryl methyl sites for hydroxylation is 1. The number of rotatable bonds is 3. The Labute approximate surface area is 228 Å². The van der Waals surface area contributed by atoms with Gasteiger partial charge < -0.3 is 24.8 Å². The van der Waals surface area contributed by atoms with Crippen LogP contribution in [-0.2, 0) is 20.4 Å². The van der Waals surface area contributed by atoms with Crippen molar-refractivity contribution in [3.63, 3.8) is 0 Å². The molecule has 2 unspecified atom stereocenters. The van der Waals surface area contributed by atoms with Crippen molar-refractivity contribution in [3.05, 3.63) is 95.4 Å². The van der Waals surface area contributed by atoms with E-state index in [4.69, 9.17) is 0 Å². The van der Waals surface area contributed by atoms with Crippen molar-refractivity contribution >= 4 is 11.0 Å². The first kappa shape index (κ1) is 29.6. The SMILES string of the molecule is CC1=C(C)C(C)[C]([Zr+2]([CH]2C=C(c3cc(C)c(C)c(C)c3C)c3ccccc32)=[Si](C)C)=C1C.[Cl-].[Cl-]. The molecule has 2 aromatic rings. The average Bonchev–Trinajstić information content (AvgIpc) is 3.22. The first-order chi connectivity index (χ1) is 15.1. The van der Waals surface area contributed by atoms with Crippen LogP contribution in [0.4, 0.5) is 0 Å². The number of allylic oxidation sites excluding steroid dienone is 5. The maximum absolute atomic E-state index is 2.73. The van der Waals surface area contributed by atoms with Crippen LogP contribution < -0.4 is 24.8 Å². The molecule has 4 rings (SSSR count). The molecule has 0 aliphatic heterocycles. The van der Waals surface area contributed by atoms with Gasteiger partial charge in [-0.25, -0.2) is 0 Å². The molecular formula is C30H38Cl2SiZr. The molecule has 4 heteroatoms. The maximum Gasteiger partial charge on any atom is -1.00 e. The molecule has 2 aromatic carbocycles. The second-order valence-corrected chi connectivity index (χ2v) is 27.7. The molecule has 0 saturated carbocycles. The maximum atomic E-state index is 2.73. The van der Waals surface area contributed by atoms with E-state index in [2.05, 4.69) is 105 Å². The molecule has 0 amide bonds. The van der Waals surface area contributed by atoms with Crippen molar-refractivity contribution in [1.29, 1.82) is 0 Å². The summed E-state index contributed by atoms with van der Waals surface area (Å²) in [7, 11) is 0. The monoisotopic (exact) mass is 586 g/mol. The van der Waals surface area contributed by atoms with Gasteiger partial charge in [0, 0.05) is 0 Å². The van der Waals surface area contributed by atoms with Crippen molar-refractivity contribution in [2.75, 3.05) is 0 Å². The van der Waals surface area contributed by atoms with Crippen molar-refractivity contribution in [2.45, 2.75) is 72.1 Å². The van der Waals surface area contributed by atoms with Gasteiger partial charge in [-0.3, -0.25) is 0 Å². The Balaban J connectivity index is 0.00000204. The van der Waals surface area contributed by atoms with Gasteiger partial charge in [0.15, 0.2) is 0 Å². The summed E-state index contributed by atoms with van der Waals surface area (Å²) in [6, 6.07) is 11.8. The van der Waals surface area contributed by atoms with Gasteiger partial charge in [-0.1, -0.05) is 0 Å². The van der Waals surface area contributed by atoms with E-state index >= 15 is 0 Å². The molecule has 0 aromatic heterocycles. The van der Waals surface area contributed by atoms with Gasteiger partial charge in [-0.05, 0) is 0 Å². The number of hydrogen-bond donors (Lipinski definition) is 0. The molecule has 0 heterocycles. The molecule has 180 valence electrons. The van der Waals surface area contributed by atoms with Crippen LogP contribution in [0.3, 0.4) is 0 Å². The quantitative estimate of drug-likeness (QED) is 0.484. The van der Waals surface area contributed by atoms with Crippen LogP contribution in [0.15, 0.2) is 56.4 Å². The van der Waals surface area contributed by atoms with Gasteiger partial charge in [0.25, 0.3) is 0 Å². The van der Waals surface area contributed by atoms with Crippen LogP contribution in [0.1, 0.15) is 70.3 Å². The molecule has 0 N–H and O–H groups in total. The van der Waals surface area contributed by atoms with Gasteiger partial charge in [0.2, 0.25) is 0 Å². The molecule has 0 nitrogen and oxygen atoms in total. The van der Waals surface area contributed by atoms with E-state index in [0.29, 0.717) is 9.54 Å². The first-order valence-corrected chi connectivity index (χ1v) is 20.8. The Bertz CT molecular complexity index is 1270. The Kier molecular flexibility index (Phi) is 9.71. The Morgan fingerprint density at radius 2 is 1.38 bits per heavy atom. The second kappa shape index (κ2) is 11.2. The number of benzene rings is 2. The standard InChI is InChI=1S/C19H19.C9H13.C2H6Si.2ClH.Zr/c1-12-11-19(15(4)14(3)13(12)2)18-10-9-16-7-5-6-8-17(16)18;1-6-5-7(2)9(4)8(6)3;1-3-2;;;/h5-11H,1-4H3;6H,1-4H3;1-2H3;2*1H;/q;;;;;+2/p-2. The predicted octanol–water partition coefficient (Wildman–Crippen LogP) is 2.54. The van der Waals surface area contributed by atoms with Crippen molar-refractivity contribution < 1.29 is 45.2 Å². The predicted molar refractivity (Wildman–Crippen MR) is 139 cm³/mol. The summed E-state index contributed by atoms with van der Waals surface area (Å²) in [5.74, 6) is 0.652. The molecule has 0 bridgehead atoms. The minimum absolute atomic E-state index is 0. The van der Waals surface area contributed by atoms with E-state index in [1.54, 1.807) is 22.3 Å². The van der Waals surface area contributed by atoms with Crippen LogP contribution in [0.25, 0.3) is 5.57 Å². The molecule has 2 aliphatic carbocycles. The minimum atomic E-state index is -1.94. The van der Waals surface area contributed by atoms with Gasteiger partial charge in [0.1, 0.15) is 0 Å². The summed E-state index contributed by atoms with van der Waals surface area (Å²) < 4.78 is 2.58. The van der Waals surface area contributed by atoms with Crippen LogP contribution in [0.2, 0.25) is 13.1 Å².